The second-order valence-corrected chi connectivity index (χ2v) is 7.05. The predicted octanol–water partition coefficient (Wildman–Crippen LogP) is 2.56. The Hall–Kier alpha value is -2.11. The van der Waals surface area contributed by atoms with Gasteiger partial charge in [0, 0.05) is 25.6 Å². The van der Waals surface area contributed by atoms with E-state index in [1.54, 1.807) is 6.26 Å². The molecule has 0 unspecified atom stereocenters. The van der Waals surface area contributed by atoms with Gasteiger partial charge in [-0.25, -0.2) is 0 Å². The molecule has 1 fully saturated rings. The molecule has 1 saturated heterocycles. The Balaban J connectivity index is 1.49. The molecule has 1 aromatic carbocycles. The van der Waals surface area contributed by atoms with Crippen LogP contribution in [0.2, 0.25) is 0 Å². The third-order valence-corrected chi connectivity index (χ3v) is 5.02. The highest BCUT2D eigenvalue weighted by Crippen LogP contribution is 2.27. The zero-order valence-electron chi connectivity index (χ0n) is 15.6. The molecule has 2 heterocycles. The molecule has 1 amide bonds. The summed E-state index contributed by atoms with van der Waals surface area (Å²) in [5.74, 6) is 1.22. The molecule has 1 aliphatic heterocycles. The van der Waals surface area contributed by atoms with E-state index in [0.29, 0.717) is 13.1 Å². The third-order valence-electron chi connectivity index (χ3n) is 5.02. The Kier molecular flexibility index (Phi) is 6.86. The summed E-state index contributed by atoms with van der Waals surface area (Å²) in [7, 11) is 2.14. The van der Waals surface area contributed by atoms with Crippen LogP contribution < -0.4 is 5.32 Å². The number of likely N-dealkylation sites (N-methyl/N-ethyl adjacent to an activating group) is 1. The lowest BCUT2D eigenvalue weighted by Crippen LogP contribution is -2.39. The molecule has 0 aliphatic carbocycles. The third kappa shape index (κ3) is 5.44. The van der Waals surface area contributed by atoms with Gasteiger partial charge in [-0.05, 0) is 50.7 Å². The van der Waals surface area contributed by atoms with Crippen LogP contribution in [-0.4, -0.2) is 62.0 Å². The Morgan fingerprint density at radius 3 is 2.73 bits per heavy atom. The van der Waals surface area contributed by atoms with Crippen molar-refractivity contribution < 1.29 is 9.21 Å². The molecular weight excluding hydrogens is 326 g/mol. The molecule has 0 radical (unpaired) electrons. The van der Waals surface area contributed by atoms with Gasteiger partial charge in [-0.15, -0.1) is 0 Å². The summed E-state index contributed by atoms with van der Waals surface area (Å²) in [4.78, 5) is 16.9. The smallest absolute Gasteiger partial charge is 0.234 e. The number of nitrogens with one attached hydrogen (secondary N) is 1. The van der Waals surface area contributed by atoms with Crippen molar-refractivity contribution in [2.24, 2.45) is 0 Å². The molecule has 5 heteroatoms. The van der Waals surface area contributed by atoms with Gasteiger partial charge >= 0.3 is 0 Å². The number of carbonyl (C=O) groups is 1. The maximum absolute atomic E-state index is 12.3. The maximum atomic E-state index is 12.3. The van der Waals surface area contributed by atoms with E-state index >= 15 is 0 Å². The average molecular weight is 355 g/mol. The van der Waals surface area contributed by atoms with Crippen molar-refractivity contribution in [1.29, 1.82) is 0 Å². The van der Waals surface area contributed by atoms with Gasteiger partial charge in [-0.2, -0.15) is 0 Å². The van der Waals surface area contributed by atoms with E-state index in [9.17, 15) is 4.79 Å². The van der Waals surface area contributed by atoms with Crippen molar-refractivity contribution in [3.8, 4) is 0 Å². The van der Waals surface area contributed by atoms with Crippen molar-refractivity contribution in [2.45, 2.75) is 18.8 Å². The molecule has 0 spiro atoms. The van der Waals surface area contributed by atoms with E-state index in [1.807, 2.05) is 30.3 Å². The lowest BCUT2D eigenvalue weighted by atomic mass is 9.93. The number of furan rings is 1. The second-order valence-electron chi connectivity index (χ2n) is 7.05. The summed E-state index contributed by atoms with van der Waals surface area (Å²) in [5, 5.41) is 3.09. The minimum Gasteiger partial charge on any atom is -0.469 e. The molecular formula is C21H29N3O2. The monoisotopic (exact) mass is 355 g/mol. The highest BCUT2D eigenvalue weighted by Gasteiger charge is 2.18. The SMILES string of the molecule is CN1CCCN(CC(=O)NCC[C@@H](c2ccccc2)c2ccco2)CC1. The molecule has 1 aromatic heterocycles. The zero-order valence-corrected chi connectivity index (χ0v) is 15.6. The number of nitrogens with zero attached hydrogens (tertiary/aromatic N) is 2. The van der Waals surface area contributed by atoms with E-state index in [-0.39, 0.29) is 11.8 Å². The Bertz CT molecular complexity index is 657. The van der Waals surface area contributed by atoms with E-state index in [0.717, 1.165) is 44.8 Å². The van der Waals surface area contributed by atoms with Gasteiger partial charge in [0.25, 0.3) is 0 Å². The van der Waals surface area contributed by atoms with Crippen molar-refractivity contribution in [3.05, 3.63) is 60.1 Å². The van der Waals surface area contributed by atoms with Crippen LogP contribution in [0.3, 0.4) is 0 Å². The van der Waals surface area contributed by atoms with Gasteiger partial charge in [-0.3, -0.25) is 9.69 Å². The first-order valence-corrected chi connectivity index (χ1v) is 9.48. The lowest BCUT2D eigenvalue weighted by molar-refractivity contribution is -0.122. The second kappa shape index (κ2) is 9.55. The van der Waals surface area contributed by atoms with E-state index < -0.39 is 0 Å². The fourth-order valence-corrected chi connectivity index (χ4v) is 3.52. The molecule has 0 bridgehead atoms. The number of rotatable bonds is 7. The summed E-state index contributed by atoms with van der Waals surface area (Å²) in [5.41, 5.74) is 1.22. The first-order chi connectivity index (χ1) is 12.7. The highest BCUT2D eigenvalue weighted by atomic mass is 16.3. The highest BCUT2D eigenvalue weighted by molar-refractivity contribution is 5.78. The van der Waals surface area contributed by atoms with Crippen LogP contribution in [-0.2, 0) is 4.79 Å². The van der Waals surface area contributed by atoms with Crippen molar-refractivity contribution in [3.63, 3.8) is 0 Å². The van der Waals surface area contributed by atoms with Crippen LogP contribution in [0.5, 0.6) is 0 Å². The molecule has 1 atom stereocenters. The number of carbonyl (C=O) groups excluding carboxylic acids is 1. The first kappa shape index (κ1) is 18.7. The standard InChI is InChI=1S/C21H29N3O2/c1-23-12-6-13-24(15-14-23)17-21(25)22-11-10-19(20-9-5-16-26-20)18-7-3-2-4-8-18/h2-5,7-9,16,19H,6,10-15,17H2,1H3,(H,22,25)/t19-/m0/s1. The van der Waals surface area contributed by atoms with Gasteiger partial charge in [0.2, 0.25) is 5.91 Å². The quantitative estimate of drug-likeness (QED) is 0.829. The van der Waals surface area contributed by atoms with Gasteiger partial charge in [0.15, 0.2) is 0 Å². The molecule has 1 N–H and O–H groups in total. The molecule has 26 heavy (non-hydrogen) atoms. The minimum atomic E-state index is 0.112. The van der Waals surface area contributed by atoms with Gasteiger partial charge in [-0.1, -0.05) is 30.3 Å². The summed E-state index contributed by atoms with van der Waals surface area (Å²) in [6.07, 6.45) is 3.66. The Labute approximate surface area is 156 Å². The van der Waals surface area contributed by atoms with Crippen molar-refractivity contribution >= 4 is 5.91 Å². The normalized spacial score (nSPS) is 17.6. The lowest BCUT2D eigenvalue weighted by Gasteiger charge is -2.20. The number of benzene rings is 1. The first-order valence-electron chi connectivity index (χ1n) is 9.48. The average Bonchev–Trinajstić information content (AvgIpc) is 3.10. The summed E-state index contributed by atoms with van der Waals surface area (Å²) >= 11 is 0. The summed E-state index contributed by atoms with van der Waals surface area (Å²) in [6, 6.07) is 14.3. The van der Waals surface area contributed by atoms with Crippen LogP contribution in [0.4, 0.5) is 0 Å². The van der Waals surface area contributed by atoms with Crippen LogP contribution in [0.15, 0.2) is 53.1 Å². The zero-order chi connectivity index (χ0) is 18.2. The molecule has 140 valence electrons. The Morgan fingerprint density at radius 2 is 1.96 bits per heavy atom. The van der Waals surface area contributed by atoms with Crippen LogP contribution in [0, 0.1) is 0 Å². The van der Waals surface area contributed by atoms with Crippen molar-refractivity contribution in [2.75, 3.05) is 46.3 Å². The maximum Gasteiger partial charge on any atom is 0.234 e. The molecule has 5 nitrogen and oxygen atoms in total. The number of amides is 1. The van der Waals surface area contributed by atoms with Gasteiger partial charge < -0.3 is 14.6 Å². The number of hydrogen-bond acceptors (Lipinski definition) is 4. The molecule has 2 aromatic rings. The molecule has 0 saturated carbocycles. The van der Waals surface area contributed by atoms with Crippen LogP contribution >= 0.6 is 0 Å². The van der Waals surface area contributed by atoms with Crippen LogP contribution in [0.25, 0.3) is 0 Å². The minimum absolute atomic E-state index is 0.112. The van der Waals surface area contributed by atoms with Gasteiger partial charge in [0.05, 0.1) is 12.8 Å². The van der Waals surface area contributed by atoms with Crippen molar-refractivity contribution in [1.82, 2.24) is 15.1 Å². The van der Waals surface area contributed by atoms with E-state index in [1.165, 1.54) is 5.56 Å². The predicted molar refractivity (Wildman–Crippen MR) is 103 cm³/mol. The number of hydrogen-bond donors (Lipinski definition) is 1. The Morgan fingerprint density at radius 1 is 1.12 bits per heavy atom. The fourth-order valence-electron chi connectivity index (χ4n) is 3.52. The topological polar surface area (TPSA) is 48.7 Å². The van der Waals surface area contributed by atoms with Crippen LogP contribution in [0.1, 0.15) is 30.1 Å². The molecule has 1 aliphatic rings. The van der Waals surface area contributed by atoms with E-state index in [2.05, 4.69) is 34.3 Å². The van der Waals surface area contributed by atoms with Gasteiger partial charge in [0.1, 0.15) is 5.76 Å². The van der Waals surface area contributed by atoms with E-state index in [4.69, 9.17) is 4.42 Å². The summed E-state index contributed by atoms with van der Waals surface area (Å²) in [6.45, 7) is 5.24. The fraction of sp³-hybridized carbons (Fsp3) is 0.476. The molecule has 3 rings (SSSR count). The summed E-state index contributed by atoms with van der Waals surface area (Å²) < 4.78 is 5.63. The largest absolute Gasteiger partial charge is 0.469 e.